The minimum absolute atomic E-state index is 0.0787. The maximum Gasteiger partial charge on any atom is 0.411 e. The van der Waals surface area contributed by atoms with Crippen molar-refractivity contribution in [2.75, 3.05) is 33.8 Å². The lowest BCUT2D eigenvalue weighted by Crippen LogP contribution is -2.60. The average Bonchev–Trinajstić information content (AvgIpc) is 3.45. The predicted octanol–water partition coefficient (Wildman–Crippen LogP) is 6.38. The van der Waals surface area contributed by atoms with Gasteiger partial charge in [0.05, 0.1) is 53.7 Å². The second-order valence-corrected chi connectivity index (χ2v) is 17.8. The number of carbonyl (C=O) groups excluding carboxylic acids is 3. The number of aliphatic hydroxyl groups excluding tert-OH is 1. The Morgan fingerprint density at radius 3 is 2.37 bits per heavy atom. The van der Waals surface area contributed by atoms with Crippen molar-refractivity contribution in [1.29, 1.82) is 0 Å². The summed E-state index contributed by atoms with van der Waals surface area (Å²) in [4.78, 5) is 43.6. The fraction of sp³-hybridized carbons (Fsp3) is 0.674. The highest BCUT2D eigenvalue weighted by atomic mass is 16.7. The number of hydrogen-bond donors (Lipinski definition) is 2. The number of carbonyl (C=O) groups is 3. The zero-order valence-corrected chi connectivity index (χ0v) is 37.9. The maximum absolute atomic E-state index is 13.7. The molecule has 14 heteroatoms. The van der Waals surface area contributed by atoms with Gasteiger partial charge in [-0.05, 0) is 92.6 Å². The third-order valence-electron chi connectivity index (χ3n) is 12.0. The summed E-state index contributed by atoms with van der Waals surface area (Å²) < 4.78 is 44.6. The fourth-order valence-corrected chi connectivity index (χ4v) is 9.06. The minimum Gasteiger partial charge on any atom is -0.456 e. The van der Waals surface area contributed by atoms with Gasteiger partial charge in [-0.15, -0.1) is 13.2 Å². The summed E-state index contributed by atoms with van der Waals surface area (Å²) in [6.45, 7) is 27.3. The number of benzene rings is 1. The Bertz CT molecular complexity index is 1690. The SMILES string of the molecule is C=CCO[C@](C)(C[C@@H](C)CN[C@H](C)[C@H]1N(CC=C)C(=O)O[C@]1(C)[C@H](O)CC)[C@H](O[C@@H]1O[C@H](C)CC(N(C)C)C1OC(=O)c1ccccc1)[C@@H](C)C1=C(C)C(=O)OC(C)(C)O1. The van der Waals surface area contributed by atoms with Crippen LogP contribution in [0.25, 0.3) is 0 Å². The predicted molar refractivity (Wildman–Crippen MR) is 228 cm³/mol. The molecule has 12 atom stereocenters. The van der Waals surface area contributed by atoms with E-state index in [1.54, 1.807) is 69.0 Å². The Kier molecular flexibility index (Phi) is 16.6. The lowest BCUT2D eigenvalue weighted by molar-refractivity contribution is -0.299. The van der Waals surface area contributed by atoms with Gasteiger partial charge in [0.25, 0.3) is 0 Å². The van der Waals surface area contributed by atoms with Crippen molar-refractivity contribution in [3.8, 4) is 0 Å². The van der Waals surface area contributed by atoms with Crippen molar-refractivity contribution < 1.29 is 52.6 Å². The van der Waals surface area contributed by atoms with Crippen LogP contribution < -0.4 is 5.32 Å². The Hall–Kier alpha value is -3.79. The van der Waals surface area contributed by atoms with Gasteiger partial charge in [-0.25, -0.2) is 14.4 Å². The molecule has 0 saturated carbocycles. The molecule has 3 aliphatic heterocycles. The monoisotopic (exact) mass is 842 g/mol. The van der Waals surface area contributed by atoms with Crippen molar-refractivity contribution in [1.82, 2.24) is 15.1 Å². The third-order valence-corrected chi connectivity index (χ3v) is 12.0. The van der Waals surface area contributed by atoms with Gasteiger partial charge in [-0.3, -0.25) is 4.90 Å². The molecule has 1 aromatic rings. The van der Waals surface area contributed by atoms with E-state index >= 15 is 0 Å². The zero-order valence-electron chi connectivity index (χ0n) is 37.9. The van der Waals surface area contributed by atoms with Crippen LogP contribution >= 0.6 is 0 Å². The first kappa shape index (κ1) is 48.9. The molecule has 2 saturated heterocycles. The summed E-state index contributed by atoms with van der Waals surface area (Å²) in [7, 11) is 3.87. The third kappa shape index (κ3) is 11.2. The molecular weight excluding hydrogens is 771 g/mol. The second kappa shape index (κ2) is 20.4. The molecule has 0 radical (unpaired) electrons. The summed E-state index contributed by atoms with van der Waals surface area (Å²) in [5, 5.41) is 14.7. The normalized spacial score (nSPS) is 29.0. The number of likely N-dealkylation sites (N-methyl/N-ethyl adjacent to an activating group) is 1. The van der Waals surface area contributed by atoms with Crippen LogP contribution in [0.2, 0.25) is 0 Å². The Balaban J connectivity index is 1.74. The van der Waals surface area contributed by atoms with E-state index in [9.17, 15) is 19.5 Å². The van der Waals surface area contributed by atoms with E-state index in [0.29, 0.717) is 42.7 Å². The lowest BCUT2D eigenvalue weighted by Gasteiger charge is -2.48. The van der Waals surface area contributed by atoms with Crippen LogP contribution in [-0.2, 0) is 38.0 Å². The number of amides is 1. The van der Waals surface area contributed by atoms with Crippen molar-refractivity contribution in [3.63, 3.8) is 0 Å². The van der Waals surface area contributed by atoms with E-state index in [1.165, 1.54) is 0 Å². The highest BCUT2D eigenvalue weighted by molar-refractivity contribution is 5.90. The largest absolute Gasteiger partial charge is 0.456 e. The molecule has 14 nitrogen and oxygen atoms in total. The van der Waals surface area contributed by atoms with Gasteiger partial charge in [0.1, 0.15) is 5.76 Å². The number of rotatable bonds is 21. The van der Waals surface area contributed by atoms with Crippen LogP contribution in [-0.4, -0.2) is 133 Å². The Morgan fingerprint density at radius 2 is 1.77 bits per heavy atom. The Labute approximate surface area is 357 Å². The molecule has 2 unspecified atom stereocenters. The van der Waals surface area contributed by atoms with Crippen LogP contribution in [0, 0.1) is 11.8 Å². The summed E-state index contributed by atoms with van der Waals surface area (Å²) in [5.41, 5.74) is -1.55. The van der Waals surface area contributed by atoms with Crippen LogP contribution in [0.4, 0.5) is 4.79 Å². The minimum atomic E-state index is -1.25. The van der Waals surface area contributed by atoms with Gasteiger partial charge < -0.3 is 48.5 Å². The van der Waals surface area contributed by atoms with E-state index in [0.717, 1.165) is 0 Å². The molecule has 1 amide bonds. The molecule has 0 aromatic heterocycles. The van der Waals surface area contributed by atoms with E-state index in [-0.39, 0.29) is 37.3 Å². The van der Waals surface area contributed by atoms with E-state index in [4.69, 9.17) is 33.2 Å². The van der Waals surface area contributed by atoms with Gasteiger partial charge in [-0.2, -0.15) is 0 Å². The zero-order chi connectivity index (χ0) is 44.7. The summed E-state index contributed by atoms with van der Waals surface area (Å²) in [6, 6.07) is 7.75. The molecule has 0 spiro atoms. The molecule has 336 valence electrons. The first-order valence-corrected chi connectivity index (χ1v) is 21.3. The highest BCUT2D eigenvalue weighted by Gasteiger charge is 2.56. The number of aliphatic hydroxyl groups is 1. The van der Waals surface area contributed by atoms with Gasteiger partial charge in [0.15, 0.2) is 18.0 Å². The smallest absolute Gasteiger partial charge is 0.411 e. The van der Waals surface area contributed by atoms with Crippen LogP contribution in [0.15, 0.2) is 67.0 Å². The van der Waals surface area contributed by atoms with E-state index in [1.807, 2.05) is 59.7 Å². The first-order valence-electron chi connectivity index (χ1n) is 21.3. The number of nitrogens with one attached hydrogen (secondary N) is 1. The average molecular weight is 842 g/mol. The van der Waals surface area contributed by atoms with Gasteiger partial charge in [0, 0.05) is 32.4 Å². The molecule has 60 heavy (non-hydrogen) atoms. The molecule has 1 aromatic carbocycles. The molecule has 0 aliphatic carbocycles. The molecule has 3 aliphatic rings. The van der Waals surface area contributed by atoms with Crippen LogP contribution in [0.1, 0.15) is 98.9 Å². The Morgan fingerprint density at radius 1 is 1.10 bits per heavy atom. The van der Waals surface area contributed by atoms with Crippen LogP contribution in [0.3, 0.4) is 0 Å². The molecular formula is C46H71N3O11. The van der Waals surface area contributed by atoms with Crippen molar-refractivity contribution >= 4 is 18.0 Å². The maximum atomic E-state index is 13.7. The number of cyclic esters (lactones) is 2. The first-order chi connectivity index (χ1) is 28.1. The van der Waals surface area contributed by atoms with Gasteiger partial charge in [0.2, 0.25) is 5.79 Å². The highest BCUT2D eigenvalue weighted by Crippen LogP contribution is 2.42. The van der Waals surface area contributed by atoms with Crippen molar-refractivity contribution in [2.24, 2.45) is 11.8 Å². The second-order valence-electron chi connectivity index (χ2n) is 17.8. The van der Waals surface area contributed by atoms with Gasteiger partial charge in [-0.1, -0.05) is 51.1 Å². The topological polar surface area (TPSA) is 155 Å². The number of nitrogens with zero attached hydrogens (tertiary/aromatic N) is 2. The lowest BCUT2D eigenvalue weighted by atomic mass is 9.80. The molecule has 0 bridgehead atoms. The van der Waals surface area contributed by atoms with E-state index in [2.05, 4.69) is 25.4 Å². The number of esters is 2. The van der Waals surface area contributed by atoms with Crippen molar-refractivity contribution in [2.45, 2.75) is 154 Å². The molecule has 2 N–H and O–H groups in total. The molecule has 2 fully saturated rings. The van der Waals surface area contributed by atoms with Crippen LogP contribution in [0.5, 0.6) is 0 Å². The van der Waals surface area contributed by atoms with Crippen molar-refractivity contribution in [3.05, 3.63) is 72.5 Å². The summed E-state index contributed by atoms with van der Waals surface area (Å²) in [5.74, 6) is -2.56. The van der Waals surface area contributed by atoms with E-state index < -0.39 is 71.6 Å². The quantitative estimate of drug-likeness (QED) is 0.0800. The molecule has 3 heterocycles. The fourth-order valence-electron chi connectivity index (χ4n) is 9.06. The number of ether oxygens (including phenoxy) is 7. The molecule has 4 rings (SSSR count). The number of hydrogen-bond acceptors (Lipinski definition) is 13. The summed E-state index contributed by atoms with van der Waals surface area (Å²) in [6.07, 6.45) is 0.325. The summed E-state index contributed by atoms with van der Waals surface area (Å²) >= 11 is 0. The standard InChI is InChI=1S/C46H71N3O11/c1-15-23-49-38(46(12,35(50)17-3)60-43(49)53)32(8)47-27-28(4)26-45(11,54-24-16-2)39(30(6)36-31(7)40(51)59-44(9,10)58-36)57-42-37(34(48(13)14)25-29(5)55-42)56-41(52)33-21-19-18-20-22-33/h15-16,18-22,28-30,32,34-35,37-39,42,47,50H,1-2,17,23-27H2,3-14H3/t28-,29-,30+,32-,34?,35-,37?,38-,39-,42+,45-,46-/m1/s1. The van der Waals surface area contributed by atoms with Gasteiger partial charge >= 0.3 is 18.0 Å².